The lowest BCUT2D eigenvalue weighted by molar-refractivity contribution is -0.120. The van der Waals surface area contributed by atoms with E-state index in [1.807, 2.05) is 56.3 Å². The molecule has 0 heterocycles. The summed E-state index contributed by atoms with van der Waals surface area (Å²) in [4.78, 5) is 10.2. The van der Waals surface area contributed by atoms with E-state index in [4.69, 9.17) is 36.1 Å². The van der Waals surface area contributed by atoms with E-state index in [0.717, 1.165) is 11.1 Å². The molecule has 2 rings (SSSR count). The van der Waals surface area contributed by atoms with Crippen LogP contribution < -0.4 is 36.1 Å². The number of amides is 1. The lowest BCUT2D eigenvalue weighted by Crippen LogP contribution is -2.40. The van der Waals surface area contributed by atoms with Crippen LogP contribution in [-0.2, 0) is 4.79 Å². The second kappa shape index (κ2) is 12.3. The maximum absolute atomic E-state index is 10.2. The number of benzene rings is 2. The maximum Gasteiger partial charge on any atom is 0.234 e. The number of hydrogen-bond donors (Lipinski definition) is 3. The van der Waals surface area contributed by atoms with Gasteiger partial charge in [-0.25, -0.2) is 0 Å². The van der Waals surface area contributed by atoms with Crippen molar-refractivity contribution in [3.8, 4) is 23.0 Å². The van der Waals surface area contributed by atoms with Gasteiger partial charge in [0, 0.05) is 0 Å². The van der Waals surface area contributed by atoms with Crippen LogP contribution in [0.3, 0.4) is 0 Å². The fraction of sp³-hybridized carbons (Fsp3) is 0.348. The van der Waals surface area contributed by atoms with E-state index < -0.39 is 11.9 Å². The zero-order valence-electron chi connectivity index (χ0n) is 19.0. The fourth-order valence-electron chi connectivity index (χ4n) is 2.58. The minimum absolute atomic E-state index is 0.146. The second-order valence-electron chi connectivity index (χ2n) is 6.97. The predicted molar refractivity (Wildman–Crippen MR) is 124 cm³/mol. The quantitative estimate of drug-likeness (QED) is 0.432. The van der Waals surface area contributed by atoms with E-state index in [9.17, 15) is 4.79 Å². The average molecular weight is 432 g/mol. The minimum atomic E-state index is -0.491. The molecule has 8 nitrogen and oxygen atoms in total. The molecule has 170 valence electrons. The highest BCUT2D eigenvalue weighted by Crippen LogP contribution is 2.38. The molecular formula is C23H33N3O5. The molecule has 0 aromatic heterocycles. The summed E-state index contributed by atoms with van der Waals surface area (Å²) >= 11 is 0. The van der Waals surface area contributed by atoms with Crippen LogP contribution in [0.2, 0.25) is 0 Å². The molecule has 0 aliphatic heterocycles. The van der Waals surface area contributed by atoms with Gasteiger partial charge in [0.2, 0.25) is 11.7 Å². The molecule has 0 aliphatic carbocycles. The van der Waals surface area contributed by atoms with Crippen molar-refractivity contribution < 1.29 is 23.7 Å². The molecule has 0 saturated heterocycles. The molecule has 6 N–H and O–H groups in total. The van der Waals surface area contributed by atoms with Gasteiger partial charge in [-0.15, -0.1) is 0 Å². The number of hydrogen-bond acceptors (Lipinski definition) is 7. The van der Waals surface area contributed by atoms with Gasteiger partial charge in [0.05, 0.1) is 40.2 Å². The fourth-order valence-corrected chi connectivity index (χ4v) is 2.58. The van der Waals surface area contributed by atoms with Crippen molar-refractivity contribution in [2.45, 2.75) is 19.9 Å². The molecule has 2 aromatic carbocycles. The minimum Gasteiger partial charge on any atom is -0.495 e. The first kappa shape index (κ1) is 25.6. The van der Waals surface area contributed by atoms with E-state index >= 15 is 0 Å². The summed E-state index contributed by atoms with van der Waals surface area (Å²) in [7, 11) is 6.36. The Morgan fingerprint density at radius 2 is 1.35 bits per heavy atom. The van der Waals surface area contributed by atoms with Crippen LogP contribution in [0.1, 0.15) is 25.0 Å². The molecule has 0 radical (unpaired) electrons. The van der Waals surface area contributed by atoms with Crippen LogP contribution >= 0.6 is 0 Å². The number of anilines is 1. The highest BCUT2D eigenvalue weighted by atomic mass is 16.5. The van der Waals surface area contributed by atoms with Gasteiger partial charge in [0.15, 0.2) is 11.5 Å². The van der Waals surface area contributed by atoms with E-state index in [1.54, 1.807) is 28.4 Å². The van der Waals surface area contributed by atoms with Crippen molar-refractivity contribution in [1.82, 2.24) is 0 Å². The predicted octanol–water partition coefficient (Wildman–Crippen LogP) is 2.93. The summed E-state index contributed by atoms with van der Waals surface area (Å²) < 4.78 is 21.2. The largest absolute Gasteiger partial charge is 0.495 e. The molecule has 0 bridgehead atoms. The van der Waals surface area contributed by atoms with E-state index in [0.29, 0.717) is 28.7 Å². The SMILES string of the molecule is CC(C)[C@H](N)C(N)=O.COc1ccc(/C=C\c2cc(OC)c(OC)c(OC)c2)cc1N. The summed E-state index contributed by atoms with van der Waals surface area (Å²) in [6, 6.07) is 8.89. The maximum atomic E-state index is 10.2. The zero-order chi connectivity index (χ0) is 23.6. The highest BCUT2D eigenvalue weighted by Gasteiger charge is 2.12. The number of nitrogens with two attached hydrogens (primary N) is 3. The Bertz CT molecular complexity index is 872. The van der Waals surface area contributed by atoms with Gasteiger partial charge >= 0.3 is 0 Å². The number of rotatable bonds is 8. The average Bonchev–Trinajstić information content (AvgIpc) is 2.76. The summed E-state index contributed by atoms with van der Waals surface area (Å²) in [5, 5.41) is 0. The molecule has 1 atom stereocenters. The zero-order valence-corrected chi connectivity index (χ0v) is 19.0. The Hall–Kier alpha value is -3.39. The topological polar surface area (TPSA) is 132 Å². The monoisotopic (exact) mass is 431 g/mol. The Kier molecular flexibility index (Phi) is 10.2. The molecule has 0 spiro atoms. The first-order valence-corrected chi connectivity index (χ1v) is 9.64. The van der Waals surface area contributed by atoms with Crippen molar-refractivity contribution >= 4 is 23.7 Å². The number of primary amides is 1. The Balaban J connectivity index is 0.000000512. The molecule has 8 heteroatoms. The molecule has 2 aromatic rings. The van der Waals surface area contributed by atoms with Crippen molar-refractivity contribution in [3.63, 3.8) is 0 Å². The third-order valence-corrected chi connectivity index (χ3v) is 4.46. The first-order chi connectivity index (χ1) is 14.7. The highest BCUT2D eigenvalue weighted by molar-refractivity contribution is 5.79. The number of carbonyl (C=O) groups is 1. The van der Waals surface area contributed by atoms with E-state index in [2.05, 4.69) is 0 Å². The Labute approximate surface area is 183 Å². The van der Waals surface area contributed by atoms with E-state index in [1.165, 1.54) is 0 Å². The molecule has 0 aliphatic rings. The van der Waals surface area contributed by atoms with Crippen molar-refractivity contribution in [3.05, 3.63) is 41.5 Å². The van der Waals surface area contributed by atoms with Crippen molar-refractivity contribution in [2.75, 3.05) is 34.2 Å². The first-order valence-electron chi connectivity index (χ1n) is 9.64. The molecule has 0 unspecified atom stereocenters. The third-order valence-electron chi connectivity index (χ3n) is 4.46. The van der Waals surface area contributed by atoms with Gasteiger partial charge < -0.3 is 36.1 Å². The van der Waals surface area contributed by atoms with Crippen LogP contribution in [-0.4, -0.2) is 40.4 Å². The molecule has 1 amide bonds. The second-order valence-corrected chi connectivity index (χ2v) is 6.97. The summed E-state index contributed by atoms with van der Waals surface area (Å²) in [5.41, 5.74) is 18.6. The van der Waals surface area contributed by atoms with Gasteiger partial charge in [0.25, 0.3) is 0 Å². The van der Waals surface area contributed by atoms with Gasteiger partial charge in [-0.05, 0) is 41.3 Å². The van der Waals surface area contributed by atoms with Crippen LogP contribution in [0, 0.1) is 5.92 Å². The number of methoxy groups -OCH3 is 4. The molecule has 0 saturated carbocycles. The van der Waals surface area contributed by atoms with Gasteiger partial charge in [-0.1, -0.05) is 32.1 Å². The molecular weight excluding hydrogens is 398 g/mol. The Morgan fingerprint density at radius 1 is 0.839 bits per heavy atom. The van der Waals surface area contributed by atoms with Crippen LogP contribution in [0.15, 0.2) is 30.3 Å². The summed E-state index contributed by atoms with van der Waals surface area (Å²) in [6.07, 6.45) is 3.90. The third kappa shape index (κ3) is 7.42. The van der Waals surface area contributed by atoms with Crippen LogP contribution in [0.5, 0.6) is 23.0 Å². The van der Waals surface area contributed by atoms with Crippen LogP contribution in [0.25, 0.3) is 12.2 Å². The normalized spacial score (nSPS) is 11.5. The number of nitrogen functional groups attached to an aromatic ring is 1. The summed E-state index contributed by atoms with van der Waals surface area (Å²) in [6.45, 7) is 3.71. The molecule has 31 heavy (non-hydrogen) atoms. The van der Waals surface area contributed by atoms with E-state index in [-0.39, 0.29) is 5.92 Å². The number of carbonyl (C=O) groups excluding carboxylic acids is 1. The lowest BCUT2D eigenvalue weighted by Gasteiger charge is -2.12. The van der Waals surface area contributed by atoms with Crippen molar-refractivity contribution in [1.29, 1.82) is 0 Å². The summed E-state index contributed by atoms with van der Waals surface area (Å²) in [5.74, 6) is 2.17. The standard InChI is InChI=1S/C18H21NO4.C5H12N2O/c1-20-15-8-7-12(9-14(15)19)5-6-13-10-16(21-2)18(23-4)17(11-13)22-3;1-3(2)4(6)5(7)8/h5-11H,19H2,1-4H3;3-4H,6H2,1-2H3,(H2,7,8)/b6-5-;/t;4-/m.0/s1. The smallest absolute Gasteiger partial charge is 0.234 e. The lowest BCUT2D eigenvalue weighted by atomic mass is 10.1. The van der Waals surface area contributed by atoms with Crippen molar-refractivity contribution in [2.24, 2.45) is 17.4 Å². The van der Waals surface area contributed by atoms with Crippen LogP contribution in [0.4, 0.5) is 5.69 Å². The van der Waals surface area contributed by atoms with Gasteiger partial charge in [-0.3, -0.25) is 4.79 Å². The number of ether oxygens (including phenoxy) is 4. The van der Waals surface area contributed by atoms with Gasteiger partial charge in [-0.2, -0.15) is 0 Å². The molecule has 0 fully saturated rings. The van der Waals surface area contributed by atoms with Gasteiger partial charge in [0.1, 0.15) is 5.75 Å². The Morgan fingerprint density at radius 3 is 1.71 bits per heavy atom.